The lowest BCUT2D eigenvalue weighted by molar-refractivity contribution is 0.337. The predicted octanol–water partition coefficient (Wildman–Crippen LogP) is 3.00. The third-order valence-electron chi connectivity index (χ3n) is 3.18. The number of nitrogens with one attached hydrogen (secondary N) is 1. The van der Waals surface area contributed by atoms with Crippen molar-refractivity contribution in [3.05, 3.63) is 29.6 Å². The fourth-order valence-corrected chi connectivity index (χ4v) is 2.19. The van der Waals surface area contributed by atoms with E-state index in [-0.39, 0.29) is 5.69 Å². The van der Waals surface area contributed by atoms with Crippen LogP contribution in [0.3, 0.4) is 0 Å². The maximum atomic E-state index is 13.3. The van der Waals surface area contributed by atoms with Gasteiger partial charge in [-0.15, -0.1) is 0 Å². The first-order chi connectivity index (χ1) is 8.66. The van der Waals surface area contributed by atoms with Crippen LogP contribution in [0.1, 0.15) is 19.3 Å². The van der Waals surface area contributed by atoms with Crippen LogP contribution in [0.15, 0.2) is 12.1 Å². The molecule has 0 aromatic heterocycles. The van der Waals surface area contributed by atoms with Crippen LogP contribution >= 0.6 is 0 Å². The van der Waals surface area contributed by atoms with Gasteiger partial charge < -0.3 is 10.2 Å². The Labute approximate surface area is 105 Å². The number of anilines is 1. The fourth-order valence-electron chi connectivity index (χ4n) is 2.19. The minimum absolute atomic E-state index is 0.0234. The zero-order chi connectivity index (χ0) is 13.0. The Morgan fingerprint density at radius 1 is 1.00 bits per heavy atom. The van der Waals surface area contributed by atoms with Gasteiger partial charge in [-0.3, -0.25) is 0 Å². The molecule has 100 valence electrons. The van der Waals surface area contributed by atoms with E-state index in [1.807, 2.05) is 0 Å². The van der Waals surface area contributed by atoms with Gasteiger partial charge in [-0.25, -0.2) is 13.2 Å². The summed E-state index contributed by atoms with van der Waals surface area (Å²) in [4.78, 5) is 2.35. The van der Waals surface area contributed by atoms with Crippen molar-refractivity contribution in [3.63, 3.8) is 0 Å². The molecule has 0 radical (unpaired) electrons. The van der Waals surface area contributed by atoms with Gasteiger partial charge in [0.15, 0.2) is 11.6 Å². The van der Waals surface area contributed by atoms with E-state index in [1.165, 1.54) is 12.8 Å². The van der Waals surface area contributed by atoms with E-state index >= 15 is 0 Å². The molecule has 0 unspecified atom stereocenters. The Balaban J connectivity index is 1.77. The first-order valence-electron chi connectivity index (χ1n) is 6.27. The lowest BCUT2D eigenvalue weighted by Gasteiger charge is -2.14. The van der Waals surface area contributed by atoms with Gasteiger partial charge in [0.2, 0.25) is 0 Å². The molecule has 1 fully saturated rings. The molecule has 1 aromatic carbocycles. The molecule has 0 saturated carbocycles. The Hall–Kier alpha value is -1.23. The lowest BCUT2D eigenvalue weighted by Crippen LogP contribution is -2.22. The second-order valence-corrected chi connectivity index (χ2v) is 4.58. The molecule has 0 aliphatic carbocycles. The van der Waals surface area contributed by atoms with Crippen molar-refractivity contribution in [2.45, 2.75) is 19.3 Å². The molecule has 1 saturated heterocycles. The van der Waals surface area contributed by atoms with E-state index < -0.39 is 17.5 Å². The maximum absolute atomic E-state index is 13.3. The summed E-state index contributed by atoms with van der Waals surface area (Å²) >= 11 is 0. The molecule has 0 amide bonds. The molecule has 0 atom stereocenters. The summed E-state index contributed by atoms with van der Waals surface area (Å²) in [6.07, 6.45) is 3.34. The first-order valence-corrected chi connectivity index (χ1v) is 6.27. The topological polar surface area (TPSA) is 15.3 Å². The van der Waals surface area contributed by atoms with Crippen LogP contribution in [0.25, 0.3) is 0 Å². The van der Waals surface area contributed by atoms with Crippen LogP contribution in [0, 0.1) is 17.5 Å². The molecule has 0 bridgehead atoms. The quantitative estimate of drug-likeness (QED) is 0.645. The van der Waals surface area contributed by atoms with Gasteiger partial charge in [-0.1, -0.05) is 0 Å². The molecule has 1 aliphatic rings. The Morgan fingerprint density at radius 2 is 1.67 bits per heavy atom. The smallest absolute Gasteiger partial charge is 0.161 e. The number of benzene rings is 1. The van der Waals surface area contributed by atoms with Gasteiger partial charge in [-0.2, -0.15) is 0 Å². The first kappa shape index (κ1) is 13.2. The lowest BCUT2D eigenvalue weighted by atomic mass is 10.2. The number of nitrogens with zero attached hydrogens (tertiary/aromatic N) is 1. The van der Waals surface area contributed by atoms with E-state index in [4.69, 9.17) is 0 Å². The third-order valence-corrected chi connectivity index (χ3v) is 3.18. The summed E-state index contributed by atoms with van der Waals surface area (Å²) in [6.45, 7) is 3.76. The van der Waals surface area contributed by atoms with Crippen LogP contribution in [-0.2, 0) is 0 Å². The summed E-state index contributed by atoms with van der Waals surface area (Å²) < 4.78 is 38.9. The van der Waals surface area contributed by atoms with Crippen LogP contribution in [0.2, 0.25) is 0 Å². The predicted molar refractivity (Wildman–Crippen MR) is 65.1 cm³/mol. The molecule has 2 rings (SSSR count). The van der Waals surface area contributed by atoms with E-state index in [0.717, 1.165) is 32.1 Å². The largest absolute Gasteiger partial charge is 0.383 e. The zero-order valence-electron chi connectivity index (χ0n) is 10.2. The average molecular weight is 258 g/mol. The minimum Gasteiger partial charge on any atom is -0.383 e. The molecule has 5 heteroatoms. The second kappa shape index (κ2) is 6.09. The minimum atomic E-state index is -1.16. The number of likely N-dealkylation sites (tertiary alicyclic amines) is 1. The van der Waals surface area contributed by atoms with Crippen LogP contribution in [0.4, 0.5) is 18.9 Å². The molecular formula is C13H17F3N2. The monoisotopic (exact) mass is 258 g/mol. The number of hydrogen-bond donors (Lipinski definition) is 1. The van der Waals surface area contributed by atoms with E-state index in [0.29, 0.717) is 12.6 Å². The van der Waals surface area contributed by atoms with Crippen LogP contribution in [0.5, 0.6) is 0 Å². The van der Waals surface area contributed by atoms with Gasteiger partial charge in [-0.05, 0) is 38.9 Å². The molecular weight excluding hydrogens is 241 g/mol. The van der Waals surface area contributed by atoms with Gasteiger partial charge in [0.1, 0.15) is 5.82 Å². The highest BCUT2D eigenvalue weighted by atomic mass is 19.2. The van der Waals surface area contributed by atoms with E-state index in [2.05, 4.69) is 10.2 Å². The second-order valence-electron chi connectivity index (χ2n) is 4.58. The van der Waals surface area contributed by atoms with Crippen molar-refractivity contribution in [1.29, 1.82) is 0 Å². The van der Waals surface area contributed by atoms with Crippen molar-refractivity contribution < 1.29 is 13.2 Å². The summed E-state index contributed by atoms with van der Waals surface area (Å²) in [7, 11) is 0. The van der Waals surface area contributed by atoms with Crippen molar-refractivity contribution in [2.75, 3.05) is 31.5 Å². The highest BCUT2D eigenvalue weighted by molar-refractivity contribution is 5.45. The highest BCUT2D eigenvalue weighted by Gasteiger charge is 2.11. The standard InChI is InChI=1S/C13H17F3N2/c14-10-8-12(16)13(9-11(10)15)17-4-3-7-18-5-1-2-6-18/h8-9,17H,1-7H2. The Morgan fingerprint density at radius 3 is 2.39 bits per heavy atom. The number of halogens is 3. The van der Waals surface area contributed by atoms with Gasteiger partial charge in [0, 0.05) is 18.7 Å². The molecule has 1 aliphatic heterocycles. The highest BCUT2D eigenvalue weighted by Crippen LogP contribution is 2.18. The summed E-state index contributed by atoms with van der Waals surface area (Å²) in [5.41, 5.74) is 0.0234. The van der Waals surface area contributed by atoms with Crippen LogP contribution in [-0.4, -0.2) is 31.1 Å². The summed E-state index contributed by atoms with van der Waals surface area (Å²) in [5.74, 6) is -2.94. The van der Waals surface area contributed by atoms with Gasteiger partial charge in [0.25, 0.3) is 0 Å². The number of hydrogen-bond acceptors (Lipinski definition) is 2. The molecule has 18 heavy (non-hydrogen) atoms. The van der Waals surface area contributed by atoms with E-state index in [9.17, 15) is 13.2 Å². The SMILES string of the molecule is Fc1cc(F)c(NCCCN2CCCC2)cc1F. The van der Waals surface area contributed by atoms with Crippen LogP contribution < -0.4 is 5.32 Å². The van der Waals surface area contributed by atoms with Crippen molar-refractivity contribution in [1.82, 2.24) is 4.90 Å². The summed E-state index contributed by atoms with van der Waals surface area (Å²) in [6, 6.07) is 1.43. The van der Waals surface area contributed by atoms with Crippen molar-refractivity contribution in [2.24, 2.45) is 0 Å². The molecule has 1 heterocycles. The Bertz CT molecular complexity index is 403. The fraction of sp³-hybridized carbons (Fsp3) is 0.538. The Kier molecular flexibility index (Phi) is 4.47. The van der Waals surface area contributed by atoms with E-state index in [1.54, 1.807) is 0 Å². The average Bonchev–Trinajstić information content (AvgIpc) is 2.84. The van der Waals surface area contributed by atoms with Crippen molar-refractivity contribution >= 4 is 5.69 Å². The summed E-state index contributed by atoms with van der Waals surface area (Å²) in [5, 5.41) is 2.80. The normalized spacial score (nSPS) is 16.2. The van der Waals surface area contributed by atoms with Gasteiger partial charge >= 0.3 is 0 Å². The van der Waals surface area contributed by atoms with Crippen molar-refractivity contribution in [3.8, 4) is 0 Å². The maximum Gasteiger partial charge on any atom is 0.161 e. The molecule has 1 N–H and O–H groups in total. The van der Waals surface area contributed by atoms with Gasteiger partial charge in [0.05, 0.1) is 5.69 Å². The molecule has 2 nitrogen and oxygen atoms in total. The molecule has 1 aromatic rings. The third kappa shape index (κ3) is 3.38. The number of rotatable bonds is 5. The zero-order valence-corrected chi connectivity index (χ0v) is 10.2. The molecule has 0 spiro atoms.